The molecule has 0 radical (unpaired) electrons. The molecule has 0 spiro atoms. The average molecular weight is 231 g/mol. The Kier molecular flexibility index (Phi) is 3.59. The molecule has 2 saturated heterocycles. The van der Waals surface area contributed by atoms with Gasteiger partial charge in [0, 0.05) is 4.91 Å². The van der Waals surface area contributed by atoms with E-state index in [2.05, 4.69) is 10.0 Å². The SMILES string of the molecule is [N-]=[N+]=N[C@H]1[C@H](O)[C@@H](CO)O[C@H]1C1OCCO1. The lowest BCUT2D eigenvalue weighted by Crippen LogP contribution is -2.38. The van der Waals surface area contributed by atoms with Gasteiger partial charge < -0.3 is 24.4 Å². The number of azide groups is 1. The van der Waals surface area contributed by atoms with Gasteiger partial charge in [-0.1, -0.05) is 5.11 Å². The summed E-state index contributed by atoms with van der Waals surface area (Å²) in [6, 6.07) is -0.801. The molecule has 2 aliphatic heterocycles. The van der Waals surface area contributed by atoms with Crippen molar-refractivity contribution in [2.45, 2.75) is 30.6 Å². The highest BCUT2D eigenvalue weighted by Gasteiger charge is 2.48. The number of hydrogen-bond donors (Lipinski definition) is 2. The Hall–Kier alpha value is -0.890. The van der Waals surface area contributed by atoms with Gasteiger partial charge in [-0.3, -0.25) is 0 Å². The zero-order valence-corrected chi connectivity index (χ0v) is 8.47. The van der Waals surface area contributed by atoms with Crippen molar-refractivity contribution in [1.82, 2.24) is 0 Å². The van der Waals surface area contributed by atoms with Crippen LogP contribution in [-0.4, -0.2) is 60.7 Å². The number of hydrogen-bond acceptors (Lipinski definition) is 6. The van der Waals surface area contributed by atoms with Gasteiger partial charge in [0.1, 0.15) is 12.2 Å². The first kappa shape index (κ1) is 11.6. The second kappa shape index (κ2) is 4.96. The first-order chi connectivity index (χ1) is 7.77. The molecule has 2 heterocycles. The Bertz CT molecular complexity index is 289. The van der Waals surface area contributed by atoms with Gasteiger partial charge >= 0.3 is 0 Å². The lowest BCUT2D eigenvalue weighted by molar-refractivity contribution is -0.146. The first-order valence-electron chi connectivity index (χ1n) is 4.99. The summed E-state index contributed by atoms with van der Waals surface area (Å²) in [5.74, 6) is 0. The fraction of sp³-hybridized carbons (Fsp3) is 1.00. The summed E-state index contributed by atoms with van der Waals surface area (Å²) in [4.78, 5) is 2.65. The van der Waals surface area contributed by atoms with Crippen molar-refractivity contribution in [2.75, 3.05) is 19.8 Å². The summed E-state index contributed by atoms with van der Waals surface area (Å²) >= 11 is 0. The fourth-order valence-electron chi connectivity index (χ4n) is 1.91. The highest BCUT2D eigenvalue weighted by Crippen LogP contribution is 2.29. The summed E-state index contributed by atoms with van der Waals surface area (Å²) in [5.41, 5.74) is 8.41. The molecule has 16 heavy (non-hydrogen) atoms. The van der Waals surface area contributed by atoms with Crippen molar-refractivity contribution >= 4 is 0 Å². The van der Waals surface area contributed by atoms with Gasteiger partial charge in [0.15, 0.2) is 6.29 Å². The third kappa shape index (κ3) is 1.99. The van der Waals surface area contributed by atoms with Gasteiger partial charge in [0.2, 0.25) is 0 Å². The molecule has 0 aromatic heterocycles. The van der Waals surface area contributed by atoms with Crippen LogP contribution < -0.4 is 0 Å². The molecule has 0 aromatic rings. The van der Waals surface area contributed by atoms with E-state index in [4.69, 9.17) is 24.8 Å². The van der Waals surface area contributed by atoms with E-state index in [0.29, 0.717) is 13.2 Å². The van der Waals surface area contributed by atoms with E-state index in [-0.39, 0.29) is 6.61 Å². The molecular formula is C8H13N3O5. The average Bonchev–Trinajstić information content (AvgIpc) is 2.89. The number of aliphatic hydroxyl groups is 2. The summed E-state index contributed by atoms with van der Waals surface area (Å²) in [7, 11) is 0. The summed E-state index contributed by atoms with van der Waals surface area (Å²) in [6.45, 7) is 0.530. The second-order valence-electron chi connectivity index (χ2n) is 3.62. The van der Waals surface area contributed by atoms with E-state index in [1.807, 2.05) is 0 Å². The Morgan fingerprint density at radius 2 is 2.06 bits per heavy atom. The maximum Gasteiger partial charge on any atom is 0.184 e. The standard InChI is InChI=1S/C8H13N3O5/c9-11-10-5-6(13)4(3-12)16-7(5)8-14-1-2-15-8/h4-8,12-13H,1-3H2/t4-,5+,6-,7-/m1/s1. The molecule has 2 aliphatic rings. The Labute approximate surface area is 91.3 Å². The minimum Gasteiger partial charge on any atom is -0.394 e. The van der Waals surface area contributed by atoms with Gasteiger partial charge in [-0.15, -0.1) is 0 Å². The molecule has 8 nitrogen and oxygen atoms in total. The largest absolute Gasteiger partial charge is 0.394 e. The molecular weight excluding hydrogens is 218 g/mol. The van der Waals surface area contributed by atoms with E-state index < -0.39 is 30.6 Å². The number of nitrogens with zero attached hydrogens (tertiary/aromatic N) is 3. The van der Waals surface area contributed by atoms with Crippen LogP contribution in [-0.2, 0) is 14.2 Å². The molecule has 4 atom stereocenters. The van der Waals surface area contributed by atoms with E-state index in [9.17, 15) is 5.11 Å². The van der Waals surface area contributed by atoms with Crippen LogP contribution in [0.25, 0.3) is 10.4 Å². The zero-order valence-electron chi connectivity index (χ0n) is 8.47. The van der Waals surface area contributed by atoms with Crippen LogP contribution in [0.2, 0.25) is 0 Å². The Balaban J connectivity index is 2.12. The summed E-state index contributed by atoms with van der Waals surface area (Å²) in [6.07, 6.45) is -3.14. The van der Waals surface area contributed by atoms with Crippen LogP contribution in [0.3, 0.4) is 0 Å². The van der Waals surface area contributed by atoms with E-state index in [1.54, 1.807) is 0 Å². The molecule has 0 amide bonds. The lowest BCUT2D eigenvalue weighted by atomic mass is 10.1. The molecule has 2 N–H and O–H groups in total. The molecule has 2 rings (SSSR count). The van der Waals surface area contributed by atoms with Crippen molar-refractivity contribution in [3.05, 3.63) is 10.4 Å². The molecule has 2 fully saturated rings. The third-order valence-electron chi connectivity index (χ3n) is 2.68. The predicted molar refractivity (Wildman–Crippen MR) is 50.4 cm³/mol. The van der Waals surface area contributed by atoms with Crippen molar-refractivity contribution in [2.24, 2.45) is 5.11 Å². The highest BCUT2D eigenvalue weighted by atomic mass is 16.7. The fourth-order valence-corrected chi connectivity index (χ4v) is 1.91. The predicted octanol–water partition coefficient (Wildman–Crippen LogP) is -0.841. The third-order valence-corrected chi connectivity index (χ3v) is 2.68. The molecule has 0 saturated carbocycles. The smallest absolute Gasteiger partial charge is 0.184 e. The highest BCUT2D eigenvalue weighted by molar-refractivity contribution is 4.97. The van der Waals surface area contributed by atoms with Crippen molar-refractivity contribution in [1.29, 1.82) is 0 Å². The lowest BCUT2D eigenvalue weighted by Gasteiger charge is -2.20. The molecule has 0 aliphatic carbocycles. The monoisotopic (exact) mass is 231 g/mol. The molecule has 8 heteroatoms. The van der Waals surface area contributed by atoms with Gasteiger partial charge in [0.25, 0.3) is 0 Å². The van der Waals surface area contributed by atoms with Crippen LogP contribution in [0.4, 0.5) is 0 Å². The van der Waals surface area contributed by atoms with Crippen molar-refractivity contribution in [3.63, 3.8) is 0 Å². The maximum absolute atomic E-state index is 9.75. The normalized spacial score (nSPS) is 39.9. The van der Waals surface area contributed by atoms with E-state index in [0.717, 1.165) is 0 Å². The van der Waals surface area contributed by atoms with Crippen molar-refractivity contribution in [3.8, 4) is 0 Å². The van der Waals surface area contributed by atoms with Gasteiger partial charge in [-0.05, 0) is 5.53 Å². The van der Waals surface area contributed by atoms with Gasteiger partial charge in [0.05, 0.1) is 32.0 Å². The van der Waals surface area contributed by atoms with Crippen LogP contribution in [0.5, 0.6) is 0 Å². The molecule has 0 aromatic carbocycles. The van der Waals surface area contributed by atoms with Crippen LogP contribution in [0, 0.1) is 0 Å². The topological polar surface area (TPSA) is 117 Å². The van der Waals surface area contributed by atoms with Crippen molar-refractivity contribution < 1.29 is 24.4 Å². The maximum atomic E-state index is 9.75. The Morgan fingerprint density at radius 1 is 1.38 bits per heavy atom. The molecule has 0 bridgehead atoms. The quantitative estimate of drug-likeness (QED) is 0.373. The van der Waals surface area contributed by atoms with E-state index >= 15 is 0 Å². The van der Waals surface area contributed by atoms with E-state index in [1.165, 1.54) is 0 Å². The van der Waals surface area contributed by atoms with Crippen LogP contribution in [0.15, 0.2) is 5.11 Å². The van der Waals surface area contributed by atoms with Crippen LogP contribution >= 0.6 is 0 Å². The van der Waals surface area contributed by atoms with Gasteiger partial charge in [-0.25, -0.2) is 0 Å². The summed E-state index contributed by atoms with van der Waals surface area (Å²) < 4.78 is 15.8. The molecule has 0 unspecified atom stereocenters. The van der Waals surface area contributed by atoms with Crippen LogP contribution in [0.1, 0.15) is 0 Å². The minimum absolute atomic E-state index is 0.345. The zero-order chi connectivity index (χ0) is 11.5. The first-order valence-corrected chi connectivity index (χ1v) is 4.99. The minimum atomic E-state index is -1.04. The number of ether oxygens (including phenoxy) is 3. The Morgan fingerprint density at radius 3 is 2.62 bits per heavy atom. The molecule has 90 valence electrons. The second-order valence-corrected chi connectivity index (χ2v) is 3.62. The van der Waals surface area contributed by atoms with Gasteiger partial charge in [-0.2, -0.15) is 0 Å². The summed E-state index contributed by atoms with van der Waals surface area (Å²) in [5, 5.41) is 22.2. The number of aliphatic hydroxyl groups excluding tert-OH is 2. The number of rotatable bonds is 3.